The van der Waals surface area contributed by atoms with E-state index in [-0.39, 0.29) is 0 Å². The first-order valence-electron chi connectivity index (χ1n) is 5.83. The molecule has 0 fully saturated rings. The maximum absolute atomic E-state index is 3.36. The lowest BCUT2D eigenvalue weighted by Crippen LogP contribution is -2.26. The van der Waals surface area contributed by atoms with E-state index in [1.165, 1.54) is 55.3 Å². The molecule has 0 aromatic carbocycles. The summed E-state index contributed by atoms with van der Waals surface area (Å²) in [5, 5.41) is 4.04. The van der Waals surface area contributed by atoms with E-state index in [2.05, 4.69) is 26.2 Å². The number of unbranched alkanes of at least 4 members (excludes halogenated alkanes) is 2. The van der Waals surface area contributed by atoms with Gasteiger partial charge in [0, 0.05) is 10.2 Å². The van der Waals surface area contributed by atoms with Crippen LogP contribution in [0.3, 0.4) is 0 Å². The van der Waals surface area contributed by atoms with Crippen LogP contribution in [-0.2, 0) is 0 Å². The van der Waals surface area contributed by atoms with Crippen LogP contribution in [0.15, 0.2) is 0 Å². The summed E-state index contributed by atoms with van der Waals surface area (Å²) in [6, 6.07) is 0. The summed E-state index contributed by atoms with van der Waals surface area (Å²) in [7, 11) is 3.43. The van der Waals surface area contributed by atoms with Crippen molar-refractivity contribution in [2.75, 3.05) is 13.6 Å². The zero-order valence-electron chi connectivity index (χ0n) is 9.95. The third kappa shape index (κ3) is 6.27. The Labute approximate surface area is 87.1 Å². The van der Waals surface area contributed by atoms with Crippen molar-refractivity contribution in [2.45, 2.75) is 57.4 Å². The Morgan fingerprint density at radius 2 is 1.54 bits per heavy atom. The largest absolute Gasteiger partial charge is 0.320 e. The topological polar surface area (TPSA) is 12.0 Å². The summed E-state index contributed by atoms with van der Waals surface area (Å²) < 4.78 is 0. The summed E-state index contributed by atoms with van der Waals surface area (Å²) >= 11 is 0. The van der Waals surface area contributed by atoms with E-state index in [0.717, 1.165) is 0 Å². The highest BCUT2D eigenvalue weighted by Crippen LogP contribution is 2.33. The van der Waals surface area contributed by atoms with Crippen molar-refractivity contribution >= 4 is 10.2 Å². The minimum Gasteiger partial charge on any atom is -0.320 e. The van der Waals surface area contributed by atoms with Crippen LogP contribution in [0, 0.1) is 0 Å². The van der Waals surface area contributed by atoms with Crippen molar-refractivity contribution < 1.29 is 0 Å². The van der Waals surface area contributed by atoms with Crippen LogP contribution in [-0.4, -0.2) is 23.8 Å². The van der Waals surface area contributed by atoms with Crippen LogP contribution in [0.2, 0.25) is 5.04 Å². The molecule has 0 rings (SSSR count). The molecule has 0 aliphatic rings. The fourth-order valence-corrected chi connectivity index (χ4v) is 3.00. The molecule has 2 heteroatoms. The summed E-state index contributed by atoms with van der Waals surface area (Å²) in [6.07, 6.45) is 8.40. The smallest absolute Gasteiger partial charge is 0.0123 e. The first kappa shape index (κ1) is 13.2. The van der Waals surface area contributed by atoms with Gasteiger partial charge in [-0.25, -0.2) is 0 Å². The minimum absolute atomic E-state index is 0.681. The fraction of sp³-hybridized carbons (Fsp3) is 1.00. The number of nitrogens with one attached hydrogen (secondary N) is 1. The molecule has 1 nitrogen and oxygen atoms in total. The van der Waals surface area contributed by atoms with Crippen LogP contribution in [0.5, 0.6) is 0 Å². The maximum Gasteiger partial charge on any atom is 0.0123 e. The quantitative estimate of drug-likeness (QED) is 0.593. The summed E-state index contributed by atoms with van der Waals surface area (Å²) in [5.74, 6) is 0. The lowest BCUT2D eigenvalue weighted by atomic mass is 9.94. The van der Waals surface area contributed by atoms with Crippen molar-refractivity contribution in [2.24, 2.45) is 0 Å². The van der Waals surface area contributed by atoms with Gasteiger partial charge in [0.1, 0.15) is 0 Å². The van der Waals surface area contributed by atoms with Gasteiger partial charge in [0.15, 0.2) is 0 Å². The number of hydrogen-bond donors (Lipinski definition) is 1. The molecule has 13 heavy (non-hydrogen) atoms. The highest BCUT2D eigenvalue weighted by atomic mass is 28.1. The van der Waals surface area contributed by atoms with Crippen molar-refractivity contribution in [1.82, 2.24) is 5.32 Å². The lowest BCUT2D eigenvalue weighted by molar-refractivity contribution is 0.427. The molecule has 0 atom stereocenters. The van der Waals surface area contributed by atoms with Gasteiger partial charge in [-0.1, -0.05) is 39.5 Å². The van der Waals surface area contributed by atoms with Gasteiger partial charge >= 0.3 is 0 Å². The van der Waals surface area contributed by atoms with E-state index in [1.807, 2.05) is 0 Å². The van der Waals surface area contributed by atoms with Crippen molar-refractivity contribution in [3.8, 4) is 0 Å². The third-order valence-corrected chi connectivity index (χ3v) is 4.22. The van der Waals surface area contributed by atoms with E-state index >= 15 is 0 Å². The van der Waals surface area contributed by atoms with Gasteiger partial charge < -0.3 is 5.32 Å². The Kier molecular flexibility index (Phi) is 7.67. The monoisotopic (exact) mass is 201 g/mol. The fourth-order valence-electron chi connectivity index (χ4n) is 1.94. The average molecular weight is 201 g/mol. The van der Waals surface area contributed by atoms with E-state index < -0.39 is 0 Å². The number of rotatable bonds is 8. The molecule has 0 saturated carbocycles. The van der Waals surface area contributed by atoms with Crippen LogP contribution < -0.4 is 5.32 Å². The van der Waals surface area contributed by atoms with Gasteiger partial charge in [-0.15, -0.1) is 0 Å². The Morgan fingerprint density at radius 3 is 1.85 bits per heavy atom. The molecular weight excluding hydrogens is 174 g/mol. The van der Waals surface area contributed by atoms with E-state index in [1.54, 1.807) is 0 Å². The normalized spacial score (nSPS) is 12.2. The standard InChI is InChI=1S/C11H27NSi/c1-4-6-8-11(13,10-12-3)9-7-5-2/h12H,4-10H2,1-3,13H3. The van der Waals surface area contributed by atoms with Crippen LogP contribution in [0.25, 0.3) is 0 Å². The molecule has 0 saturated heterocycles. The second-order valence-corrected chi connectivity index (χ2v) is 6.67. The van der Waals surface area contributed by atoms with Crippen molar-refractivity contribution in [3.05, 3.63) is 0 Å². The molecule has 1 N–H and O–H groups in total. The molecule has 0 spiro atoms. The Balaban J connectivity index is 3.84. The predicted molar refractivity (Wildman–Crippen MR) is 65.6 cm³/mol. The molecule has 0 aromatic rings. The van der Waals surface area contributed by atoms with E-state index in [9.17, 15) is 0 Å². The Hall–Kier alpha value is 0.177. The molecular formula is C11H27NSi. The molecule has 0 aliphatic carbocycles. The molecule has 0 aliphatic heterocycles. The van der Waals surface area contributed by atoms with Crippen molar-refractivity contribution in [3.63, 3.8) is 0 Å². The van der Waals surface area contributed by atoms with Gasteiger partial charge in [-0.3, -0.25) is 0 Å². The third-order valence-electron chi connectivity index (χ3n) is 2.87. The Bertz CT molecular complexity index is 107. The molecule has 0 radical (unpaired) electrons. The van der Waals surface area contributed by atoms with Gasteiger partial charge in [-0.2, -0.15) is 0 Å². The SMILES string of the molecule is CCCCC([SiH3])(CCCC)CNC. The maximum atomic E-state index is 3.36. The molecule has 0 aromatic heterocycles. The summed E-state index contributed by atoms with van der Waals surface area (Å²) in [6.45, 7) is 5.82. The zero-order valence-corrected chi connectivity index (χ0v) is 11.9. The van der Waals surface area contributed by atoms with Crippen LogP contribution in [0.1, 0.15) is 52.4 Å². The predicted octanol–water partition coefficient (Wildman–Crippen LogP) is 2.11. The molecule has 0 unspecified atom stereocenters. The first-order valence-corrected chi connectivity index (χ1v) is 6.83. The lowest BCUT2D eigenvalue weighted by Gasteiger charge is -2.29. The molecule has 80 valence electrons. The van der Waals surface area contributed by atoms with E-state index in [4.69, 9.17) is 0 Å². The van der Waals surface area contributed by atoms with Gasteiger partial charge in [0.2, 0.25) is 0 Å². The van der Waals surface area contributed by atoms with E-state index in [0.29, 0.717) is 5.04 Å². The van der Waals surface area contributed by atoms with Crippen LogP contribution >= 0.6 is 0 Å². The first-order chi connectivity index (χ1) is 6.18. The second-order valence-electron chi connectivity index (χ2n) is 4.55. The molecule has 0 amide bonds. The summed E-state index contributed by atoms with van der Waals surface area (Å²) in [4.78, 5) is 0. The second kappa shape index (κ2) is 7.57. The Morgan fingerprint density at radius 1 is 1.08 bits per heavy atom. The molecule has 0 bridgehead atoms. The average Bonchev–Trinajstić information content (AvgIpc) is 2.12. The summed E-state index contributed by atoms with van der Waals surface area (Å²) in [5.41, 5.74) is 0. The van der Waals surface area contributed by atoms with Gasteiger partial charge in [0.05, 0.1) is 0 Å². The van der Waals surface area contributed by atoms with Gasteiger partial charge in [0.25, 0.3) is 0 Å². The number of hydrogen-bond acceptors (Lipinski definition) is 1. The highest BCUT2D eigenvalue weighted by molar-refractivity contribution is 6.15. The highest BCUT2D eigenvalue weighted by Gasteiger charge is 2.21. The van der Waals surface area contributed by atoms with Crippen molar-refractivity contribution in [1.29, 1.82) is 0 Å². The molecule has 0 heterocycles. The van der Waals surface area contributed by atoms with Crippen LogP contribution in [0.4, 0.5) is 0 Å². The minimum atomic E-state index is 0.681. The zero-order chi connectivity index (χ0) is 10.2. The van der Waals surface area contributed by atoms with Gasteiger partial charge in [-0.05, 0) is 31.5 Å².